The highest BCUT2D eigenvalue weighted by atomic mass is 79.9. The van der Waals surface area contributed by atoms with E-state index >= 15 is 0 Å². The van der Waals surface area contributed by atoms with Crippen LogP contribution in [0.25, 0.3) is 11.3 Å². The molecule has 0 spiro atoms. The molecule has 2 aliphatic rings. The number of rotatable bonds is 2. The van der Waals surface area contributed by atoms with Gasteiger partial charge in [0.1, 0.15) is 18.5 Å². The summed E-state index contributed by atoms with van der Waals surface area (Å²) in [5.74, 6) is 1.02. The van der Waals surface area contributed by atoms with Gasteiger partial charge in [0.15, 0.2) is 5.76 Å². The average Bonchev–Trinajstić information content (AvgIpc) is 3.58. The van der Waals surface area contributed by atoms with Crippen molar-refractivity contribution in [2.75, 3.05) is 13.7 Å². The maximum Gasteiger partial charge on any atom is 0.407 e. The molecule has 2 aromatic heterocycles. The van der Waals surface area contributed by atoms with Gasteiger partial charge in [0.05, 0.1) is 36.8 Å². The van der Waals surface area contributed by atoms with Crippen LogP contribution < -0.4 is 5.32 Å². The van der Waals surface area contributed by atoms with Gasteiger partial charge in [-0.3, -0.25) is 4.79 Å². The van der Waals surface area contributed by atoms with Crippen LogP contribution in [0, 0.1) is 0 Å². The number of halogens is 1. The first-order valence-corrected chi connectivity index (χ1v) is 11.8. The Kier molecular flexibility index (Phi) is 6.38. The van der Waals surface area contributed by atoms with Crippen LogP contribution in [-0.2, 0) is 33.9 Å². The molecule has 2 N–H and O–H groups in total. The molecule has 11 heteroatoms. The Hall–Kier alpha value is -3.18. The highest BCUT2D eigenvalue weighted by molar-refractivity contribution is 9.10. The fourth-order valence-electron chi connectivity index (χ4n) is 4.44. The molecular weight excluding hydrogens is 506 g/mol. The van der Waals surface area contributed by atoms with E-state index in [4.69, 9.17) is 19.0 Å². The summed E-state index contributed by atoms with van der Waals surface area (Å²) >= 11 is 3.47. The molecule has 1 saturated heterocycles. The number of benzene rings is 1. The Bertz CT molecular complexity index is 1190. The van der Waals surface area contributed by atoms with Crippen LogP contribution >= 0.6 is 15.9 Å². The van der Waals surface area contributed by atoms with Crippen LogP contribution in [0.5, 0.6) is 0 Å². The summed E-state index contributed by atoms with van der Waals surface area (Å²) in [7, 11) is 1.26. The van der Waals surface area contributed by atoms with Gasteiger partial charge < -0.3 is 29.2 Å². The van der Waals surface area contributed by atoms with Crippen molar-refractivity contribution in [2.24, 2.45) is 0 Å². The molecule has 4 heterocycles. The summed E-state index contributed by atoms with van der Waals surface area (Å²) in [5, 5.41) is 6.71. The number of aromatic amines is 1. The minimum Gasteiger partial charge on any atom is -0.453 e. The second-order valence-corrected chi connectivity index (χ2v) is 9.23. The van der Waals surface area contributed by atoms with Crippen LogP contribution in [-0.4, -0.2) is 51.7 Å². The number of methoxy groups -OCH3 is 1. The predicted molar refractivity (Wildman–Crippen MR) is 123 cm³/mol. The van der Waals surface area contributed by atoms with Crippen molar-refractivity contribution in [2.45, 2.75) is 44.6 Å². The largest absolute Gasteiger partial charge is 0.453 e. The molecule has 178 valence electrons. The molecule has 4 bridgehead atoms. The van der Waals surface area contributed by atoms with E-state index in [1.807, 2.05) is 24.3 Å². The fraction of sp³-hybridized carbons (Fsp3) is 0.391. The van der Waals surface area contributed by atoms with Gasteiger partial charge in [-0.15, -0.1) is 0 Å². The molecule has 2 amide bonds. The quantitative estimate of drug-likeness (QED) is 0.520. The van der Waals surface area contributed by atoms with Crippen molar-refractivity contribution in [3.63, 3.8) is 0 Å². The van der Waals surface area contributed by atoms with Crippen LogP contribution in [0.3, 0.4) is 0 Å². The molecule has 2 aliphatic heterocycles. The Balaban J connectivity index is 1.54. The summed E-state index contributed by atoms with van der Waals surface area (Å²) in [6.45, 7) is 1.06. The van der Waals surface area contributed by atoms with Crippen molar-refractivity contribution < 1.29 is 23.6 Å². The number of nitrogens with one attached hydrogen (secondary N) is 2. The number of imidazole rings is 1. The van der Waals surface area contributed by atoms with Crippen molar-refractivity contribution >= 4 is 27.9 Å². The van der Waals surface area contributed by atoms with Crippen molar-refractivity contribution in [1.82, 2.24) is 25.3 Å². The van der Waals surface area contributed by atoms with Gasteiger partial charge in [0.2, 0.25) is 5.91 Å². The Morgan fingerprint density at radius 2 is 2.12 bits per heavy atom. The second-order valence-electron chi connectivity index (χ2n) is 8.32. The number of fused-ring (bicyclic) bond motifs is 6. The average molecular weight is 530 g/mol. The van der Waals surface area contributed by atoms with Gasteiger partial charge in [-0.25, -0.2) is 9.78 Å². The van der Waals surface area contributed by atoms with E-state index in [0.717, 1.165) is 34.3 Å². The molecule has 0 aliphatic carbocycles. The zero-order valence-corrected chi connectivity index (χ0v) is 20.1. The van der Waals surface area contributed by atoms with E-state index in [0.29, 0.717) is 30.4 Å². The van der Waals surface area contributed by atoms with Crippen LogP contribution in [0.2, 0.25) is 0 Å². The third kappa shape index (κ3) is 4.58. The number of hydrogen-bond acceptors (Lipinski definition) is 7. The Morgan fingerprint density at radius 1 is 1.29 bits per heavy atom. The lowest BCUT2D eigenvalue weighted by Crippen LogP contribution is -2.49. The van der Waals surface area contributed by atoms with E-state index in [-0.39, 0.29) is 25.0 Å². The molecular formula is C23H24BrN5O5. The summed E-state index contributed by atoms with van der Waals surface area (Å²) in [6.07, 6.45) is 1.09. The van der Waals surface area contributed by atoms with Crippen LogP contribution in [0.15, 0.2) is 39.3 Å². The van der Waals surface area contributed by atoms with Crippen molar-refractivity contribution in [3.8, 4) is 11.3 Å². The molecule has 0 radical (unpaired) electrons. The Labute approximate surface area is 204 Å². The standard InChI is InChI=1S/C23H24BrN5O5/c1-32-23(31)26-17-10-15-9-16(34-28-15)11-33-12-18-20(13-4-6-14(24)7-5-13)27-21(25-18)19-3-2-8-29(19)22(17)30/h4-7,9,17,19H,2-3,8,10-12H2,1H3,(H,25,27)(H,26,31). The molecule has 5 rings (SSSR count). The molecule has 34 heavy (non-hydrogen) atoms. The van der Waals surface area contributed by atoms with E-state index in [2.05, 4.69) is 31.4 Å². The number of alkyl carbamates (subject to hydrolysis) is 1. The number of carbonyl (C=O) groups is 2. The third-order valence-corrected chi connectivity index (χ3v) is 6.58. The number of aromatic nitrogens is 3. The lowest BCUT2D eigenvalue weighted by molar-refractivity contribution is -0.134. The van der Waals surface area contributed by atoms with Gasteiger partial charge in [-0.2, -0.15) is 0 Å². The van der Waals surface area contributed by atoms with Crippen LogP contribution in [0.1, 0.15) is 41.9 Å². The second kappa shape index (κ2) is 9.59. The maximum atomic E-state index is 13.6. The zero-order valence-electron chi connectivity index (χ0n) is 18.5. The number of ether oxygens (including phenoxy) is 2. The van der Waals surface area contributed by atoms with Gasteiger partial charge >= 0.3 is 6.09 Å². The fourth-order valence-corrected chi connectivity index (χ4v) is 4.70. The molecule has 0 saturated carbocycles. The number of hydrogen-bond donors (Lipinski definition) is 2. The number of amides is 2. The van der Waals surface area contributed by atoms with Gasteiger partial charge in [-0.05, 0) is 25.0 Å². The van der Waals surface area contributed by atoms with E-state index in [1.165, 1.54) is 7.11 Å². The predicted octanol–water partition coefficient (Wildman–Crippen LogP) is 3.49. The monoisotopic (exact) mass is 529 g/mol. The SMILES string of the molecule is COC(=O)NC1Cc2cc(on2)COCc2[nH]c(nc2-c2ccc(Br)cc2)C2CCCN2C1=O. The van der Waals surface area contributed by atoms with E-state index in [1.54, 1.807) is 11.0 Å². The van der Waals surface area contributed by atoms with E-state index < -0.39 is 12.1 Å². The normalized spacial score (nSPS) is 20.5. The van der Waals surface area contributed by atoms with Gasteiger partial charge in [0.25, 0.3) is 0 Å². The summed E-state index contributed by atoms with van der Waals surface area (Å²) in [5.41, 5.74) is 3.09. The van der Waals surface area contributed by atoms with Crippen LogP contribution in [0.4, 0.5) is 4.79 Å². The minimum atomic E-state index is -0.852. The summed E-state index contributed by atoms with van der Waals surface area (Å²) in [4.78, 5) is 35.7. The number of nitrogens with zero attached hydrogens (tertiary/aromatic N) is 3. The number of H-pyrrole nitrogens is 1. The third-order valence-electron chi connectivity index (χ3n) is 6.05. The molecule has 10 nitrogen and oxygen atoms in total. The molecule has 2 unspecified atom stereocenters. The first-order valence-electron chi connectivity index (χ1n) is 11.0. The zero-order chi connectivity index (χ0) is 23.7. The van der Waals surface area contributed by atoms with Crippen molar-refractivity contribution in [3.05, 3.63) is 57.8 Å². The lowest BCUT2D eigenvalue weighted by atomic mass is 10.1. The molecule has 1 aromatic carbocycles. The Morgan fingerprint density at radius 3 is 2.91 bits per heavy atom. The number of carbonyl (C=O) groups excluding carboxylic acids is 2. The van der Waals surface area contributed by atoms with Gasteiger partial charge in [0, 0.05) is 29.1 Å². The molecule has 1 fully saturated rings. The van der Waals surface area contributed by atoms with E-state index in [9.17, 15) is 9.59 Å². The molecule has 2 atom stereocenters. The van der Waals surface area contributed by atoms with Crippen molar-refractivity contribution in [1.29, 1.82) is 0 Å². The summed E-state index contributed by atoms with van der Waals surface area (Å²) < 4.78 is 17.0. The lowest BCUT2D eigenvalue weighted by Gasteiger charge is -2.28. The van der Waals surface area contributed by atoms with Gasteiger partial charge in [-0.1, -0.05) is 33.2 Å². The first kappa shape index (κ1) is 22.6. The highest BCUT2D eigenvalue weighted by Crippen LogP contribution is 2.34. The molecule has 3 aromatic rings. The maximum absolute atomic E-state index is 13.6. The minimum absolute atomic E-state index is 0.175. The first-order chi connectivity index (χ1) is 16.5. The highest BCUT2D eigenvalue weighted by Gasteiger charge is 2.37. The topological polar surface area (TPSA) is 123 Å². The smallest absolute Gasteiger partial charge is 0.407 e. The summed E-state index contributed by atoms with van der Waals surface area (Å²) in [6, 6.07) is 8.53.